The number of aliphatic imine (C=N–C) groups is 1. The van der Waals surface area contributed by atoms with Gasteiger partial charge in [0.2, 0.25) is 0 Å². The Bertz CT molecular complexity index is 348. The highest BCUT2D eigenvalue weighted by Gasteiger charge is 2.11. The van der Waals surface area contributed by atoms with Crippen LogP contribution in [0.5, 0.6) is 0 Å². The van der Waals surface area contributed by atoms with Crippen LogP contribution in [0, 0.1) is 6.92 Å². The van der Waals surface area contributed by atoms with Crippen molar-refractivity contribution in [2.45, 2.75) is 6.92 Å². The largest absolute Gasteiger partial charge is 0.233 e. The number of hydrogen-bond acceptors (Lipinski definition) is 3. The topological polar surface area (TPSA) is 12.4 Å². The Labute approximate surface area is 97.3 Å². The smallest absolute Gasteiger partial charge is 0.130 e. The van der Waals surface area contributed by atoms with Crippen LogP contribution in [-0.2, 0) is 0 Å². The Hall–Kier alpha value is -0.120. The van der Waals surface area contributed by atoms with Crippen LogP contribution in [0.2, 0.25) is 5.02 Å². The van der Waals surface area contributed by atoms with Gasteiger partial charge in [-0.15, -0.1) is 0 Å². The number of rotatable bonds is 1. The summed E-state index contributed by atoms with van der Waals surface area (Å²) in [4.78, 5) is 4.57. The standard InChI is InChI=1S/C10H10ClNS2/c1-7-3-2-4-8(11)9(7)12-10-13-5-6-14-10/h2-4H,5-6H2,1H3. The van der Waals surface area contributed by atoms with Crippen LogP contribution in [0.4, 0.5) is 5.69 Å². The maximum absolute atomic E-state index is 6.08. The molecule has 0 N–H and O–H groups in total. The van der Waals surface area contributed by atoms with E-state index >= 15 is 0 Å². The van der Waals surface area contributed by atoms with Crippen LogP contribution < -0.4 is 0 Å². The molecule has 1 aromatic carbocycles. The van der Waals surface area contributed by atoms with Gasteiger partial charge in [-0.1, -0.05) is 47.3 Å². The summed E-state index contributed by atoms with van der Waals surface area (Å²) in [7, 11) is 0. The average molecular weight is 244 g/mol. The van der Waals surface area contributed by atoms with E-state index in [0.29, 0.717) is 0 Å². The Morgan fingerprint density at radius 3 is 2.64 bits per heavy atom. The second-order valence-corrected chi connectivity index (χ2v) is 5.81. The minimum atomic E-state index is 0.741. The van der Waals surface area contributed by atoms with Crippen LogP contribution in [0.15, 0.2) is 23.2 Å². The summed E-state index contributed by atoms with van der Waals surface area (Å²) in [6, 6.07) is 5.88. The molecule has 0 unspecified atom stereocenters. The first kappa shape index (κ1) is 10.4. The Morgan fingerprint density at radius 2 is 2.00 bits per heavy atom. The fourth-order valence-corrected chi connectivity index (χ4v) is 3.65. The third kappa shape index (κ3) is 2.27. The average Bonchev–Trinajstić information content (AvgIpc) is 2.64. The van der Waals surface area contributed by atoms with Crippen LogP contribution in [0.3, 0.4) is 0 Å². The molecule has 0 spiro atoms. The Balaban J connectivity index is 2.36. The van der Waals surface area contributed by atoms with Crippen molar-refractivity contribution in [1.29, 1.82) is 0 Å². The van der Waals surface area contributed by atoms with Crippen LogP contribution in [-0.4, -0.2) is 15.9 Å². The number of aryl methyl sites for hydroxylation is 1. The third-order valence-corrected chi connectivity index (χ3v) is 4.69. The zero-order chi connectivity index (χ0) is 9.97. The van der Waals surface area contributed by atoms with E-state index < -0.39 is 0 Å². The van der Waals surface area contributed by atoms with E-state index in [1.165, 1.54) is 0 Å². The van der Waals surface area contributed by atoms with Crippen molar-refractivity contribution in [3.05, 3.63) is 28.8 Å². The summed E-state index contributed by atoms with van der Waals surface area (Å²) in [6.07, 6.45) is 0. The second-order valence-electron chi connectivity index (χ2n) is 2.98. The highest BCUT2D eigenvalue weighted by Crippen LogP contribution is 2.34. The number of thioether (sulfide) groups is 2. The summed E-state index contributed by atoms with van der Waals surface area (Å²) in [5.74, 6) is 2.32. The molecule has 4 heteroatoms. The lowest BCUT2D eigenvalue weighted by Gasteiger charge is -2.02. The van der Waals surface area contributed by atoms with Crippen molar-refractivity contribution in [2.24, 2.45) is 4.99 Å². The highest BCUT2D eigenvalue weighted by atomic mass is 35.5. The van der Waals surface area contributed by atoms with E-state index in [-0.39, 0.29) is 0 Å². The fraction of sp³-hybridized carbons (Fsp3) is 0.300. The quantitative estimate of drug-likeness (QED) is 0.736. The zero-order valence-corrected chi connectivity index (χ0v) is 10.2. The van der Waals surface area contributed by atoms with Gasteiger partial charge in [0, 0.05) is 11.5 Å². The Kier molecular flexibility index (Phi) is 3.42. The first-order valence-electron chi connectivity index (χ1n) is 4.37. The summed E-state index contributed by atoms with van der Waals surface area (Å²) in [5.41, 5.74) is 2.06. The lowest BCUT2D eigenvalue weighted by molar-refractivity contribution is 1.41. The molecule has 1 aliphatic heterocycles. The molecule has 0 bridgehead atoms. The highest BCUT2D eigenvalue weighted by molar-refractivity contribution is 8.41. The molecule has 0 radical (unpaired) electrons. The fourth-order valence-electron chi connectivity index (χ4n) is 1.22. The predicted octanol–water partition coefficient (Wildman–Crippen LogP) is 4.12. The van der Waals surface area contributed by atoms with Gasteiger partial charge >= 0.3 is 0 Å². The van der Waals surface area contributed by atoms with E-state index in [0.717, 1.165) is 32.2 Å². The van der Waals surface area contributed by atoms with E-state index in [9.17, 15) is 0 Å². The lowest BCUT2D eigenvalue weighted by Crippen LogP contribution is -1.80. The van der Waals surface area contributed by atoms with Crippen LogP contribution in [0.25, 0.3) is 0 Å². The predicted molar refractivity (Wildman–Crippen MR) is 68.2 cm³/mol. The third-order valence-electron chi connectivity index (χ3n) is 1.93. The molecule has 2 rings (SSSR count). The van der Waals surface area contributed by atoms with Crippen molar-refractivity contribution >= 4 is 45.2 Å². The molecule has 1 aromatic rings. The molecule has 74 valence electrons. The molecular formula is C10H10ClNS2. The zero-order valence-electron chi connectivity index (χ0n) is 7.79. The maximum Gasteiger partial charge on any atom is 0.130 e. The van der Waals surface area contributed by atoms with Crippen LogP contribution >= 0.6 is 35.1 Å². The van der Waals surface area contributed by atoms with Gasteiger partial charge in [-0.05, 0) is 18.6 Å². The Morgan fingerprint density at radius 1 is 1.29 bits per heavy atom. The lowest BCUT2D eigenvalue weighted by atomic mass is 10.2. The normalized spacial score (nSPS) is 16.0. The molecule has 1 heterocycles. The molecule has 1 nitrogen and oxygen atoms in total. The number of hydrogen-bond donors (Lipinski definition) is 0. The van der Waals surface area contributed by atoms with E-state index in [2.05, 4.69) is 4.99 Å². The summed E-state index contributed by atoms with van der Waals surface area (Å²) >= 11 is 9.70. The molecule has 1 aliphatic rings. The SMILES string of the molecule is Cc1cccc(Cl)c1N=C1SCCS1. The van der Waals surface area contributed by atoms with Crippen molar-refractivity contribution in [1.82, 2.24) is 0 Å². The number of para-hydroxylation sites is 1. The van der Waals surface area contributed by atoms with E-state index in [1.54, 1.807) is 0 Å². The number of nitrogens with zero attached hydrogens (tertiary/aromatic N) is 1. The van der Waals surface area contributed by atoms with Gasteiger partial charge in [-0.2, -0.15) is 0 Å². The van der Waals surface area contributed by atoms with E-state index in [1.807, 2.05) is 48.6 Å². The molecule has 1 fully saturated rings. The van der Waals surface area contributed by atoms with E-state index in [4.69, 9.17) is 11.6 Å². The minimum Gasteiger partial charge on any atom is -0.233 e. The van der Waals surface area contributed by atoms with Gasteiger partial charge in [0.05, 0.1) is 10.7 Å². The number of halogens is 1. The first-order chi connectivity index (χ1) is 6.77. The molecule has 0 aromatic heterocycles. The maximum atomic E-state index is 6.08. The molecule has 1 saturated heterocycles. The first-order valence-corrected chi connectivity index (χ1v) is 6.71. The van der Waals surface area contributed by atoms with Gasteiger partial charge < -0.3 is 0 Å². The van der Waals surface area contributed by atoms with Crippen molar-refractivity contribution in [3.8, 4) is 0 Å². The van der Waals surface area contributed by atoms with Gasteiger partial charge in [0.25, 0.3) is 0 Å². The molecule has 0 atom stereocenters. The molecule has 14 heavy (non-hydrogen) atoms. The van der Waals surface area contributed by atoms with Crippen LogP contribution in [0.1, 0.15) is 5.56 Å². The minimum absolute atomic E-state index is 0.741. The summed E-state index contributed by atoms with van der Waals surface area (Å²) in [5, 5.41) is 0.741. The van der Waals surface area contributed by atoms with Crippen molar-refractivity contribution in [3.63, 3.8) is 0 Å². The van der Waals surface area contributed by atoms with Gasteiger partial charge in [-0.25, -0.2) is 4.99 Å². The molecule has 0 aliphatic carbocycles. The number of benzene rings is 1. The van der Waals surface area contributed by atoms with Crippen molar-refractivity contribution < 1.29 is 0 Å². The molecule has 0 amide bonds. The monoisotopic (exact) mass is 243 g/mol. The summed E-state index contributed by atoms with van der Waals surface area (Å²) < 4.78 is 1.14. The summed E-state index contributed by atoms with van der Waals surface area (Å²) in [6.45, 7) is 2.04. The molecular weight excluding hydrogens is 234 g/mol. The van der Waals surface area contributed by atoms with Gasteiger partial charge in [-0.3, -0.25) is 0 Å². The van der Waals surface area contributed by atoms with Gasteiger partial charge in [0.15, 0.2) is 0 Å². The van der Waals surface area contributed by atoms with Crippen molar-refractivity contribution in [2.75, 3.05) is 11.5 Å². The molecule has 0 saturated carbocycles. The second kappa shape index (κ2) is 4.60. The van der Waals surface area contributed by atoms with Gasteiger partial charge in [0.1, 0.15) is 4.38 Å².